The summed E-state index contributed by atoms with van der Waals surface area (Å²) in [5.41, 5.74) is 1.48. The van der Waals surface area contributed by atoms with E-state index in [2.05, 4.69) is 20.9 Å². The third-order valence-electron chi connectivity index (χ3n) is 2.75. The lowest BCUT2D eigenvalue weighted by Crippen LogP contribution is -2.40. The maximum absolute atomic E-state index is 12.0. The summed E-state index contributed by atoms with van der Waals surface area (Å²) in [5, 5.41) is 0.421. The Morgan fingerprint density at radius 3 is 2.84 bits per heavy atom. The quantitative estimate of drug-likeness (QED) is 0.671. The van der Waals surface area contributed by atoms with Gasteiger partial charge in [0.15, 0.2) is 0 Å². The molecule has 0 unspecified atom stereocenters. The highest BCUT2D eigenvalue weighted by molar-refractivity contribution is 9.10. The molecule has 19 heavy (non-hydrogen) atoms. The summed E-state index contributed by atoms with van der Waals surface area (Å²) in [6.07, 6.45) is 0.455. The van der Waals surface area contributed by atoms with Crippen LogP contribution in [0.5, 0.6) is 0 Å². The molecule has 0 N–H and O–H groups in total. The average molecular weight is 348 g/mol. The van der Waals surface area contributed by atoms with E-state index in [1.54, 1.807) is 4.90 Å². The van der Waals surface area contributed by atoms with Gasteiger partial charge in [0.25, 0.3) is 0 Å². The summed E-state index contributed by atoms with van der Waals surface area (Å²) in [4.78, 5) is 18.0. The number of carbonyl (C=O) groups excluding carboxylic acids is 1. The molecule has 1 aliphatic rings. The Hall–Kier alpha value is -0.810. The van der Waals surface area contributed by atoms with E-state index in [1.807, 2.05) is 26.8 Å². The van der Waals surface area contributed by atoms with Gasteiger partial charge < -0.3 is 9.64 Å². The zero-order valence-corrected chi connectivity index (χ0v) is 13.5. The first-order chi connectivity index (χ1) is 8.76. The highest BCUT2D eigenvalue weighted by Gasteiger charge is 2.26. The predicted molar refractivity (Wildman–Crippen MR) is 77.3 cm³/mol. The molecule has 0 bridgehead atoms. The van der Waals surface area contributed by atoms with Crippen molar-refractivity contribution in [3.8, 4) is 0 Å². The van der Waals surface area contributed by atoms with E-state index >= 15 is 0 Å². The van der Waals surface area contributed by atoms with Gasteiger partial charge in [0.2, 0.25) is 0 Å². The minimum Gasteiger partial charge on any atom is -0.444 e. The molecule has 0 spiro atoms. The normalized spacial score (nSPS) is 15.1. The van der Waals surface area contributed by atoms with Crippen LogP contribution in [0, 0.1) is 0 Å². The third kappa shape index (κ3) is 3.60. The Balaban J connectivity index is 2.14. The number of carbonyl (C=O) groups is 1. The summed E-state index contributed by atoms with van der Waals surface area (Å²) >= 11 is 9.35. The molecule has 1 amide bonds. The van der Waals surface area contributed by atoms with Crippen molar-refractivity contribution in [1.29, 1.82) is 0 Å². The molecule has 0 aliphatic carbocycles. The first kappa shape index (κ1) is 14.6. The van der Waals surface area contributed by atoms with Gasteiger partial charge in [-0.05, 0) is 54.8 Å². The third-order valence-corrected chi connectivity index (χ3v) is 3.87. The summed E-state index contributed by atoms with van der Waals surface area (Å²) in [6, 6.07) is 1.97. The number of fused-ring (bicyclic) bond motifs is 1. The predicted octanol–water partition coefficient (Wildman–Crippen LogP) is 3.79. The van der Waals surface area contributed by atoms with Crippen LogP contribution in [0.15, 0.2) is 10.5 Å². The molecular formula is C13H16BrClN2O2. The molecule has 1 aromatic rings. The van der Waals surface area contributed by atoms with Crippen LogP contribution in [0.4, 0.5) is 4.79 Å². The molecule has 1 aliphatic heterocycles. The molecule has 2 rings (SSSR count). The van der Waals surface area contributed by atoms with Crippen LogP contribution in [0.3, 0.4) is 0 Å². The molecule has 0 radical (unpaired) electrons. The summed E-state index contributed by atoms with van der Waals surface area (Å²) in [7, 11) is 0. The van der Waals surface area contributed by atoms with Crippen molar-refractivity contribution in [3.05, 3.63) is 26.9 Å². The van der Waals surface area contributed by atoms with Crippen molar-refractivity contribution < 1.29 is 9.53 Å². The van der Waals surface area contributed by atoms with E-state index in [4.69, 9.17) is 16.3 Å². The van der Waals surface area contributed by atoms with Gasteiger partial charge in [-0.25, -0.2) is 9.78 Å². The molecule has 0 atom stereocenters. The molecule has 0 saturated carbocycles. The van der Waals surface area contributed by atoms with E-state index in [0.29, 0.717) is 18.2 Å². The minimum atomic E-state index is -0.484. The number of nitrogens with zero attached hydrogens (tertiary/aromatic N) is 2. The standard InChI is InChI=1S/C13H16BrClN2O2/c1-13(2,3)19-12(18)17-5-4-8-6-9(14)11(15)16-10(8)7-17/h6H,4-5,7H2,1-3H3. The number of ether oxygens (including phenoxy) is 1. The second-order valence-corrected chi connectivity index (χ2v) is 6.73. The number of pyridine rings is 1. The lowest BCUT2D eigenvalue weighted by Gasteiger charge is -2.30. The van der Waals surface area contributed by atoms with Gasteiger partial charge in [0, 0.05) is 6.54 Å². The minimum absolute atomic E-state index is 0.306. The van der Waals surface area contributed by atoms with Crippen LogP contribution in [0.2, 0.25) is 5.15 Å². The van der Waals surface area contributed by atoms with Crippen molar-refractivity contribution in [2.45, 2.75) is 39.3 Å². The summed E-state index contributed by atoms with van der Waals surface area (Å²) in [6.45, 7) is 6.65. The van der Waals surface area contributed by atoms with Gasteiger partial charge in [-0.3, -0.25) is 0 Å². The fourth-order valence-corrected chi connectivity index (χ4v) is 2.41. The topological polar surface area (TPSA) is 42.4 Å². The van der Waals surface area contributed by atoms with Crippen molar-refractivity contribution in [2.24, 2.45) is 0 Å². The molecule has 104 valence electrons. The first-order valence-corrected chi connectivity index (χ1v) is 7.25. The van der Waals surface area contributed by atoms with Crippen LogP contribution < -0.4 is 0 Å². The maximum atomic E-state index is 12.0. The van der Waals surface area contributed by atoms with Crippen LogP contribution in [0.1, 0.15) is 32.0 Å². The molecule has 1 aromatic heterocycles. The molecule has 0 aromatic carbocycles. The lowest BCUT2D eigenvalue weighted by molar-refractivity contribution is 0.0221. The SMILES string of the molecule is CC(C)(C)OC(=O)N1CCc2cc(Br)c(Cl)nc2C1. The highest BCUT2D eigenvalue weighted by Crippen LogP contribution is 2.27. The number of aromatic nitrogens is 1. The van der Waals surface area contributed by atoms with E-state index < -0.39 is 5.60 Å². The Labute approximate surface area is 126 Å². The van der Waals surface area contributed by atoms with Crippen molar-refractivity contribution >= 4 is 33.6 Å². The van der Waals surface area contributed by atoms with Gasteiger partial charge in [-0.1, -0.05) is 11.6 Å². The smallest absolute Gasteiger partial charge is 0.410 e. The molecular weight excluding hydrogens is 332 g/mol. The zero-order chi connectivity index (χ0) is 14.2. The fraction of sp³-hybridized carbons (Fsp3) is 0.538. The second kappa shape index (κ2) is 5.29. The van der Waals surface area contributed by atoms with Crippen molar-refractivity contribution in [3.63, 3.8) is 0 Å². The Morgan fingerprint density at radius 2 is 2.21 bits per heavy atom. The largest absolute Gasteiger partial charge is 0.444 e. The van der Waals surface area contributed by atoms with Crippen molar-refractivity contribution in [2.75, 3.05) is 6.54 Å². The van der Waals surface area contributed by atoms with E-state index in [1.165, 1.54) is 0 Å². The summed E-state index contributed by atoms with van der Waals surface area (Å²) < 4.78 is 6.15. The Morgan fingerprint density at radius 1 is 1.53 bits per heavy atom. The number of hydrogen-bond donors (Lipinski definition) is 0. The Kier molecular flexibility index (Phi) is 4.06. The van der Waals surface area contributed by atoms with E-state index in [9.17, 15) is 4.79 Å². The second-order valence-electron chi connectivity index (χ2n) is 5.52. The molecule has 6 heteroatoms. The molecule has 0 saturated heterocycles. The number of hydrogen-bond acceptors (Lipinski definition) is 3. The monoisotopic (exact) mass is 346 g/mol. The number of amides is 1. The summed E-state index contributed by atoms with van der Waals surface area (Å²) in [5.74, 6) is 0. The molecule has 2 heterocycles. The van der Waals surface area contributed by atoms with Gasteiger partial charge in [0.05, 0.1) is 16.7 Å². The maximum Gasteiger partial charge on any atom is 0.410 e. The van der Waals surface area contributed by atoms with E-state index in [0.717, 1.165) is 22.2 Å². The van der Waals surface area contributed by atoms with Gasteiger partial charge in [-0.2, -0.15) is 0 Å². The first-order valence-electron chi connectivity index (χ1n) is 6.08. The van der Waals surface area contributed by atoms with Gasteiger partial charge in [0.1, 0.15) is 10.8 Å². The average Bonchev–Trinajstić information content (AvgIpc) is 2.27. The molecule has 4 nitrogen and oxygen atoms in total. The number of rotatable bonds is 0. The van der Waals surface area contributed by atoms with Crippen LogP contribution in [0.25, 0.3) is 0 Å². The fourth-order valence-electron chi connectivity index (χ4n) is 1.89. The van der Waals surface area contributed by atoms with Crippen LogP contribution in [-0.4, -0.2) is 28.1 Å². The van der Waals surface area contributed by atoms with Crippen LogP contribution in [-0.2, 0) is 17.7 Å². The lowest BCUT2D eigenvalue weighted by atomic mass is 10.1. The Bertz CT molecular complexity index is 514. The van der Waals surface area contributed by atoms with E-state index in [-0.39, 0.29) is 6.09 Å². The zero-order valence-electron chi connectivity index (χ0n) is 11.2. The molecule has 0 fully saturated rings. The van der Waals surface area contributed by atoms with Gasteiger partial charge >= 0.3 is 6.09 Å². The van der Waals surface area contributed by atoms with Crippen LogP contribution >= 0.6 is 27.5 Å². The highest BCUT2D eigenvalue weighted by atomic mass is 79.9. The number of halogens is 2. The van der Waals surface area contributed by atoms with Crippen molar-refractivity contribution in [1.82, 2.24) is 9.88 Å². The van der Waals surface area contributed by atoms with Gasteiger partial charge in [-0.15, -0.1) is 0 Å².